The fraction of sp³-hybridized carbons (Fsp3) is 0.238. The Morgan fingerprint density at radius 2 is 2.10 bits per heavy atom. The molecule has 1 aliphatic heterocycles. The summed E-state index contributed by atoms with van der Waals surface area (Å²) in [5.41, 5.74) is 2.56. The molecule has 2 heterocycles. The number of allylic oxidation sites excluding steroid dienone is 4. The second-order valence-corrected chi connectivity index (χ2v) is 7.43. The van der Waals surface area contributed by atoms with Crippen molar-refractivity contribution in [2.45, 2.75) is 32.1 Å². The van der Waals surface area contributed by atoms with E-state index in [1.807, 2.05) is 0 Å². The third-order valence-electron chi connectivity index (χ3n) is 5.23. The molecule has 7 nitrogen and oxygen atoms in total. The molecule has 146 valence electrons. The number of halogens is 1. The van der Waals surface area contributed by atoms with Crippen LogP contribution in [0.3, 0.4) is 0 Å². The number of dihydropyridines is 1. The minimum atomic E-state index is -0.621. The summed E-state index contributed by atoms with van der Waals surface area (Å²) in [6.45, 7) is 1.79. The highest BCUT2D eigenvalue weighted by molar-refractivity contribution is 6.30. The highest BCUT2D eigenvalue weighted by atomic mass is 35.5. The summed E-state index contributed by atoms with van der Waals surface area (Å²) >= 11 is 5.89. The number of nitrogens with one attached hydrogen (secondary N) is 1. The van der Waals surface area contributed by atoms with Crippen LogP contribution in [0.4, 0.5) is 5.69 Å². The van der Waals surface area contributed by atoms with Gasteiger partial charge in [-0.15, -0.1) is 0 Å². The van der Waals surface area contributed by atoms with Crippen molar-refractivity contribution in [1.29, 1.82) is 5.26 Å². The molecule has 4 rings (SSSR count). The molecule has 2 aliphatic rings. The van der Waals surface area contributed by atoms with E-state index in [9.17, 15) is 20.2 Å². The Hall–Kier alpha value is -3.37. The predicted molar refractivity (Wildman–Crippen MR) is 106 cm³/mol. The van der Waals surface area contributed by atoms with Gasteiger partial charge in [0, 0.05) is 34.5 Å². The number of hydrogen-bond acceptors (Lipinski definition) is 6. The second kappa shape index (κ2) is 7.22. The lowest BCUT2D eigenvalue weighted by molar-refractivity contribution is -0.384. The number of benzene rings is 1. The van der Waals surface area contributed by atoms with E-state index in [1.54, 1.807) is 25.1 Å². The molecule has 0 spiro atoms. The van der Waals surface area contributed by atoms with Crippen LogP contribution in [0.25, 0.3) is 11.3 Å². The van der Waals surface area contributed by atoms with Crippen molar-refractivity contribution in [3.8, 4) is 17.4 Å². The third kappa shape index (κ3) is 3.22. The maximum atomic E-state index is 12.7. The number of hydrogen-bond donors (Lipinski definition) is 1. The first kappa shape index (κ1) is 19.0. The molecule has 2 aromatic rings. The number of furan rings is 1. The number of Topliss-reactive ketones (excluding diaryl/α,β-unsaturated/α-hetero) is 1. The van der Waals surface area contributed by atoms with E-state index in [0.717, 1.165) is 18.5 Å². The molecule has 8 heteroatoms. The smallest absolute Gasteiger partial charge is 0.281 e. The number of nitriles is 1. The van der Waals surface area contributed by atoms with E-state index >= 15 is 0 Å². The van der Waals surface area contributed by atoms with Gasteiger partial charge in [-0.1, -0.05) is 11.6 Å². The molecule has 1 aromatic heterocycles. The first-order valence-electron chi connectivity index (χ1n) is 9.09. The summed E-state index contributed by atoms with van der Waals surface area (Å²) in [4.78, 5) is 23.6. The zero-order valence-corrected chi connectivity index (χ0v) is 16.2. The van der Waals surface area contributed by atoms with Crippen LogP contribution in [0.15, 0.2) is 57.3 Å². The fourth-order valence-electron chi connectivity index (χ4n) is 3.93. The Morgan fingerprint density at radius 3 is 2.83 bits per heavy atom. The quantitative estimate of drug-likeness (QED) is 0.564. The van der Waals surface area contributed by atoms with Gasteiger partial charge in [-0.25, -0.2) is 0 Å². The Bertz CT molecular complexity index is 1150. The van der Waals surface area contributed by atoms with E-state index < -0.39 is 10.8 Å². The molecule has 1 aliphatic carbocycles. The Balaban J connectivity index is 1.84. The SMILES string of the molecule is CC1=C(C#N)C(c2ccc(-c3ccc(Cl)cc3[N+](=O)[O-])o2)C2=C(CCCC2=O)N1. The van der Waals surface area contributed by atoms with E-state index in [4.69, 9.17) is 16.0 Å². The van der Waals surface area contributed by atoms with Crippen LogP contribution in [0.1, 0.15) is 37.9 Å². The largest absolute Gasteiger partial charge is 0.460 e. The molecule has 1 N–H and O–H groups in total. The first-order valence-corrected chi connectivity index (χ1v) is 9.46. The summed E-state index contributed by atoms with van der Waals surface area (Å²) in [5, 5.41) is 24.6. The van der Waals surface area contributed by atoms with Crippen LogP contribution in [-0.2, 0) is 4.79 Å². The van der Waals surface area contributed by atoms with Crippen molar-refractivity contribution in [2.75, 3.05) is 0 Å². The highest BCUT2D eigenvalue weighted by Crippen LogP contribution is 2.44. The zero-order valence-electron chi connectivity index (χ0n) is 15.5. The molecule has 0 amide bonds. The van der Waals surface area contributed by atoms with Crippen molar-refractivity contribution >= 4 is 23.1 Å². The van der Waals surface area contributed by atoms with Gasteiger partial charge in [0.05, 0.1) is 28.0 Å². The molecule has 29 heavy (non-hydrogen) atoms. The maximum Gasteiger partial charge on any atom is 0.281 e. The standard InChI is InChI=1S/C21H16ClN3O4/c1-11-14(10-23)20(21-15(24-11)3-2-4-17(21)26)19-8-7-18(29-19)13-6-5-12(22)9-16(13)25(27)28/h5-9,20,24H,2-4H2,1H3. The molecule has 0 radical (unpaired) electrons. The molecule has 1 unspecified atom stereocenters. The maximum absolute atomic E-state index is 12.7. The van der Waals surface area contributed by atoms with Crippen LogP contribution in [-0.4, -0.2) is 10.7 Å². The van der Waals surface area contributed by atoms with Gasteiger partial charge >= 0.3 is 0 Å². The van der Waals surface area contributed by atoms with Crippen molar-refractivity contribution in [1.82, 2.24) is 5.32 Å². The minimum absolute atomic E-state index is 0.0144. The van der Waals surface area contributed by atoms with Gasteiger partial charge in [-0.3, -0.25) is 14.9 Å². The van der Waals surface area contributed by atoms with Gasteiger partial charge in [-0.05, 0) is 44.0 Å². The van der Waals surface area contributed by atoms with Crippen molar-refractivity contribution in [2.24, 2.45) is 0 Å². The Labute approximate surface area is 171 Å². The number of rotatable bonds is 3. The van der Waals surface area contributed by atoms with Crippen molar-refractivity contribution < 1.29 is 14.1 Å². The molecular formula is C21H16ClN3O4. The lowest BCUT2D eigenvalue weighted by Gasteiger charge is -2.31. The highest BCUT2D eigenvalue weighted by Gasteiger charge is 2.37. The average molecular weight is 410 g/mol. The van der Waals surface area contributed by atoms with Gasteiger partial charge in [0.25, 0.3) is 5.69 Å². The van der Waals surface area contributed by atoms with Gasteiger partial charge in [-0.2, -0.15) is 5.26 Å². The molecule has 1 atom stereocenters. The lowest BCUT2D eigenvalue weighted by atomic mass is 9.78. The van der Waals surface area contributed by atoms with Crippen LogP contribution in [0.5, 0.6) is 0 Å². The van der Waals surface area contributed by atoms with Gasteiger partial charge in [0.1, 0.15) is 11.5 Å². The average Bonchev–Trinajstić information content (AvgIpc) is 3.16. The van der Waals surface area contributed by atoms with Crippen LogP contribution < -0.4 is 5.32 Å². The van der Waals surface area contributed by atoms with E-state index in [2.05, 4.69) is 11.4 Å². The number of carbonyl (C=O) groups is 1. The number of nitro benzene ring substituents is 1. The van der Waals surface area contributed by atoms with Crippen molar-refractivity contribution in [3.05, 3.63) is 73.8 Å². The van der Waals surface area contributed by atoms with Crippen LogP contribution >= 0.6 is 11.6 Å². The van der Waals surface area contributed by atoms with E-state index in [1.165, 1.54) is 12.1 Å². The summed E-state index contributed by atoms with van der Waals surface area (Å²) in [5.74, 6) is 0.0511. The van der Waals surface area contributed by atoms with Gasteiger partial charge in [0.2, 0.25) is 0 Å². The summed E-state index contributed by atoms with van der Waals surface area (Å²) in [6.07, 6.45) is 1.90. The number of nitro groups is 1. The number of ketones is 1. The monoisotopic (exact) mass is 409 g/mol. The molecule has 0 bridgehead atoms. The molecule has 0 saturated carbocycles. The third-order valence-corrected chi connectivity index (χ3v) is 5.46. The van der Waals surface area contributed by atoms with E-state index in [-0.39, 0.29) is 27.8 Å². The van der Waals surface area contributed by atoms with Crippen molar-refractivity contribution in [3.63, 3.8) is 0 Å². The molecular weight excluding hydrogens is 394 g/mol. The normalized spacial score (nSPS) is 18.9. The number of carbonyl (C=O) groups excluding carboxylic acids is 1. The molecule has 0 saturated heterocycles. The van der Waals surface area contributed by atoms with E-state index in [0.29, 0.717) is 29.0 Å². The molecule has 1 aromatic carbocycles. The first-order chi connectivity index (χ1) is 13.9. The summed E-state index contributed by atoms with van der Waals surface area (Å²) in [7, 11) is 0. The number of nitrogens with zero attached hydrogens (tertiary/aromatic N) is 2. The van der Waals surface area contributed by atoms with Gasteiger partial charge < -0.3 is 9.73 Å². The minimum Gasteiger partial charge on any atom is -0.460 e. The summed E-state index contributed by atoms with van der Waals surface area (Å²) < 4.78 is 5.97. The van der Waals surface area contributed by atoms with Gasteiger partial charge in [0.15, 0.2) is 5.78 Å². The molecule has 0 fully saturated rings. The topological polar surface area (TPSA) is 109 Å². The summed E-state index contributed by atoms with van der Waals surface area (Å²) in [6, 6.07) is 9.80. The van der Waals surface area contributed by atoms with Crippen LogP contribution in [0.2, 0.25) is 5.02 Å². The fourth-order valence-corrected chi connectivity index (χ4v) is 4.10. The zero-order chi connectivity index (χ0) is 20.7. The predicted octanol–water partition coefficient (Wildman–Crippen LogP) is 5.00. The lowest BCUT2D eigenvalue weighted by Crippen LogP contribution is -2.31. The van der Waals surface area contributed by atoms with Crippen LogP contribution in [0, 0.1) is 21.4 Å². The Morgan fingerprint density at radius 1 is 1.31 bits per heavy atom. The second-order valence-electron chi connectivity index (χ2n) is 7.00. The Kier molecular flexibility index (Phi) is 4.73.